The Morgan fingerprint density at radius 2 is 1.86 bits per heavy atom. The smallest absolute Gasteiger partial charge is 0.257 e. The molecule has 0 radical (unpaired) electrons. The van der Waals surface area contributed by atoms with Gasteiger partial charge in [-0.15, -0.1) is 0 Å². The van der Waals surface area contributed by atoms with E-state index >= 15 is 0 Å². The number of hydrogen-bond donors (Lipinski definition) is 2. The molecule has 0 unspecified atom stereocenters. The summed E-state index contributed by atoms with van der Waals surface area (Å²) in [6.07, 6.45) is 4.60. The van der Waals surface area contributed by atoms with Crippen LogP contribution < -0.4 is 10.6 Å². The van der Waals surface area contributed by atoms with Gasteiger partial charge in [0.15, 0.2) is 5.82 Å². The fourth-order valence-electron chi connectivity index (χ4n) is 2.89. The molecule has 144 valence electrons. The maximum Gasteiger partial charge on any atom is 0.257 e. The monoisotopic (exact) mass is 406 g/mol. The van der Waals surface area contributed by atoms with Crippen LogP contribution in [0.1, 0.15) is 15.9 Å². The molecule has 4 rings (SSSR count). The van der Waals surface area contributed by atoms with Crippen molar-refractivity contribution in [3.05, 3.63) is 95.2 Å². The Labute approximate surface area is 171 Å². The highest BCUT2D eigenvalue weighted by Gasteiger charge is 2.10. The third-order valence-corrected chi connectivity index (χ3v) is 4.75. The van der Waals surface area contributed by atoms with Gasteiger partial charge in [-0.25, -0.2) is 4.39 Å². The number of fused-ring (bicyclic) bond motifs is 1. The average Bonchev–Trinajstić information content (AvgIpc) is 2.75. The zero-order valence-corrected chi connectivity index (χ0v) is 15.9. The molecule has 7 heteroatoms. The Hall–Kier alpha value is -3.51. The van der Waals surface area contributed by atoms with Gasteiger partial charge in [0.2, 0.25) is 0 Å². The topological polar surface area (TPSA) is 66.9 Å². The van der Waals surface area contributed by atoms with Gasteiger partial charge in [-0.2, -0.15) is 0 Å². The van der Waals surface area contributed by atoms with Gasteiger partial charge in [0.05, 0.1) is 16.3 Å². The SMILES string of the molecule is O=C(Nc1ccc(CNc2ccc3c(Cl)ccnc3c2F)cc1)c1cccnc1. The lowest BCUT2D eigenvalue weighted by Gasteiger charge is -2.11. The molecule has 2 N–H and O–H groups in total. The molecular formula is C22H16ClFN4O. The van der Waals surface area contributed by atoms with Crippen molar-refractivity contribution in [1.29, 1.82) is 0 Å². The maximum atomic E-state index is 14.7. The van der Waals surface area contributed by atoms with E-state index in [9.17, 15) is 9.18 Å². The van der Waals surface area contributed by atoms with Crippen molar-refractivity contribution >= 4 is 39.8 Å². The molecular weight excluding hydrogens is 391 g/mol. The van der Waals surface area contributed by atoms with Crippen LogP contribution in [0.5, 0.6) is 0 Å². The molecule has 0 aliphatic carbocycles. The summed E-state index contributed by atoms with van der Waals surface area (Å²) in [6.45, 7) is 0.416. The van der Waals surface area contributed by atoms with Crippen molar-refractivity contribution in [1.82, 2.24) is 9.97 Å². The minimum atomic E-state index is -0.439. The Morgan fingerprint density at radius 1 is 1.03 bits per heavy atom. The third kappa shape index (κ3) is 4.17. The van der Waals surface area contributed by atoms with Crippen molar-refractivity contribution in [2.75, 3.05) is 10.6 Å². The molecule has 0 saturated heterocycles. The van der Waals surface area contributed by atoms with E-state index in [-0.39, 0.29) is 11.4 Å². The van der Waals surface area contributed by atoms with Gasteiger partial charge in [-0.3, -0.25) is 14.8 Å². The van der Waals surface area contributed by atoms with Crippen LogP contribution in [-0.2, 0) is 6.54 Å². The second kappa shape index (κ2) is 8.24. The normalized spacial score (nSPS) is 10.7. The molecule has 4 aromatic rings. The molecule has 2 aromatic carbocycles. The van der Waals surface area contributed by atoms with E-state index in [1.165, 1.54) is 12.4 Å². The van der Waals surface area contributed by atoms with Gasteiger partial charge in [0, 0.05) is 36.2 Å². The lowest BCUT2D eigenvalue weighted by Crippen LogP contribution is -2.12. The number of benzene rings is 2. The minimum Gasteiger partial charge on any atom is -0.379 e. The molecule has 0 fully saturated rings. The summed E-state index contributed by atoms with van der Waals surface area (Å²) in [5, 5.41) is 6.92. The Kier molecular flexibility index (Phi) is 5.35. The largest absolute Gasteiger partial charge is 0.379 e. The molecule has 29 heavy (non-hydrogen) atoms. The van der Waals surface area contributed by atoms with E-state index < -0.39 is 5.82 Å². The molecule has 0 saturated carbocycles. The first-order chi connectivity index (χ1) is 14.1. The standard InChI is InChI=1S/C22H16ClFN4O/c23-18-9-11-26-21-17(18)7-8-19(20(21)24)27-12-14-3-5-16(6-4-14)28-22(29)15-2-1-10-25-13-15/h1-11,13,27H,12H2,(H,28,29). The first-order valence-electron chi connectivity index (χ1n) is 8.89. The molecule has 0 atom stereocenters. The highest BCUT2D eigenvalue weighted by Crippen LogP contribution is 2.28. The summed E-state index contributed by atoms with van der Waals surface area (Å²) in [5.41, 5.74) is 2.66. The van der Waals surface area contributed by atoms with Gasteiger partial charge in [-0.1, -0.05) is 23.7 Å². The van der Waals surface area contributed by atoms with Gasteiger partial charge < -0.3 is 10.6 Å². The Balaban J connectivity index is 1.43. The molecule has 0 aliphatic rings. The quantitative estimate of drug-likeness (QED) is 0.472. The summed E-state index contributed by atoms with van der Waals surface area (Å²) in [4.78, 5) is 20.2. The van der Waals surface area contributed by atoms with Crippen LogP contribution >= 0.6 is 11.6 Å². The van der Waals surface area contributed by atoms with E-state index in [0.717, 1.165) is 5.56 Å². The number of carbonyl (C=O) groups excluding carboxylic acids is 1. The number of rotatable bonds is 5. The van der Waals surface area contributed by atoms with Gasteiger partial charge in [0.25, 0.3) is 5.91 Å². The van der Waals surface area contributed by atoms with Gasteiger partial charge in [-0.05, 0) is 48.0 Å². The predicted molar refractivity (Wildman–Crippen MR) is 113 cm³/mol. The van der Waals surface area contributed by atoms with Crippen molar-refractivity contribution < 1.29 is 9.18 Å². The summed E-state index contributed by atoms with van der Waals surface area (Å²) < 4.78 is 14.7. The minimum absolute atomic E-state index is 0.228. The number of anilines is 2. The fraction of sp³-hybridized carbons (Fsp3) is 0.0455. The summed E-state index contributed by atoms with van der Waals surface area (Å²) in [6, 6.07) is 15.7. The van der Waals surface area contributed by atoms with Crippen molar-refractivity contribution in [2.45, 2.75) is 6.54 Å². The van der Waals surface area contributed by atoms with Crippen molar-refractivity contribution in [3.63, 3.8) is 0 Å². The number of hydrogen-bond acceptors (Lipinski definition) is 4. The number of carbonyl (C=O) groups is 1. The van der Waals surface area contributed by atoms with E-state index in [4.69, 9.17) is 11.6 Å². The molecule has 2 aromatic heterocycles. The van der Waals surface area contributed by atoms with E-state index in [2.05, 4.69) is 20.6 Å². The number of halogens is 2. The molecule has 0 bridgehead atoms. The highest BCUT2D eigenvalue weighted by atomic mass is 35.5. The van der Waals surface area contributed by atoms with E-state index in [1.54, 1.807) is 48.7 Å². The second-order valence-corrected chi connectivity index (χ2v) is 6.77. The maximum absolute atomic E-state index is 14.7. The number of nitrogens with one attached hydrogen (secondary N) is 2. The van der Waals surface area contributed by atoms with E-state index in [0.29, 0.717) is 33.9 Å². The highest BCUT2D eigenvalue weighted by molar-refractivity contribution is 6.35. The Morgan fingerprint density at radius 3 is 2.62 bits per heavy atom. The van der Waals surface area contributed by atoms with Crippen LogP contribution in [0.15, 0.2) is 73.2 Å². The summed E-state index contributed by atoms with van der Waals surface area (Å²) in [7, 11) is 0. The lowest BCUT2D eigenvalue weighted by atomic mass is 10.1. The summed E-state index contributed by atoms with van der Waals surface area (Å²) in [5.74, 6) is -0.668. The summed E-state index contributed by atoms with van der Waals surface area (Å²) >= 11 is 6.08. The number of aromatic nitrogens is 2. The first-order valence-corrected chi connectivity index (χ1v) is 9.26. The van der Waals surface area contributed by atoms with Crippen LogP contribution in [0.3, 0.4) is 0 Å². The molecule has 0 aliphatic heterocycles. The zero-order chi connectivity index (χ0) is 20.2. The Bertz CT molecular complexity index is 1170. The zero-order valence-electron chi connectivity index (χ0n) is 15.2. The fourth-order valence-corrected chi connectivity index (χ4v) is 3.10. The first kappa shape index (κ1) is 18.8. The number of amides is 1. The predicted octanol–water partition coefficient (Wildman–Crippen LogP) is 5.29. The average molecular weight is 407 g/mol. The van der Waals surface area contributed by atoms with Crippen LogP contribution in [0.25, 0.3) is 10.9 Å². The molecule has 2 heterocycles. The van der Waals surface area contributed by atoms with E-state index in [1.807, 2.05) is 12.1 Å². The molecule has 5 nitrogen and oxygen atoms in total. The van der Waals surface area contributed by atoms with Crippen LogP contribution in [0, 0.1) is 5.82 Å². The van der Waals surface area contributed by atoms with Crippen LogP contribution in [0.4, 0.5) is 15.8 Å². The van der Waals surface area contributed by atoms with Gasteiger partial charge in [0.1, 0.15) is 5.52 Å². The van der Waals surface area contributed by atoms with Crippen molar-refractivity contribution in [2.24, 2.45) is 0 Å². The van der Waals surface area contributed by atoms with Gasteiger partial charge >= 0.3 is 0 Å². The second-order valence-electron chi connectivity index (χ2n) is 6.36. The van der Waals surface area contributed by atoms with Crippen LogP contribution in [0.2, 0.25) is 5.02 Å². The lowest BCUT2D eigenvalue weighted by molar-refractivity contribution is 0.102. The van der Waals surface area contributed by atoms with Crippen LogP contribution in [-0.4, -0.2) is 15.9 Å². The van der Waals surface area contributed by atoms with Crippen molar-refractivity contribution in [3.8, 4) is 0 Å². The number of nitrogens with zero attached hydrogens (tertiary/aromatic N) is 2. The molecule has 1 amide bonds. The third-order valence-electron chi connectivity index (χ3n) is 4.42. The molecule has 0 spiro atoms. The number of pyridine rings is 2.